The molecule has 0 radical (unpaired) electrons. The lowest BCUT2D eigenvalue weighted by Gasteiger charge is -2.33. The molecule has 0 aliphatic carbocycles. The van der Waals surface area contributed by atoms with Gasteiger partial charge in [0.1, 0.15) is 0 Å². The van der Waals surface area contributed by atoms with Gasteiger partial charge in [-0.25, -0.2) is 10.3 Å². The number of carbonyl (C=O) groups is 1. The van der Waals surface area contributed by atoms with Crippen LogP contribution >= 0.6 is 0 Å². The average molecular weight is 347 g/mol. The van der Waals surface area contributed by atoms with Crippen LogP contribution in [0.5, 0.6) is 0 Å². The summed E-state index contributed by atoms with van der Waals surface area (Å²) in [4.78, 5) is 21.8. The van der Waals surface area contributed by atoms with Gasteiger partial charge in [0.05, 0.1) is 19.8 Å². The molecule has 6 heteroatoms. The summed E-state index contributed by atoms with van der Waals surface area (Å²) in [7, 11) is 0. The van der Waals surface area contributed by atoms with Gasteiger partial charge >= 0.3 is 6.03 Å². The molecule has 0 bridgehead atoms. The van der Waals surface area contributed by atoms with Gasteiger partial charge in [0.2, 0.25) is 0 Å². The predicted octanol–water partition coefficient (Wildman–Crippen LogP) is 2.26. The number of hydrogen-bond donors (Lipinski definition) is 1. The zero-order valence-electron chi connectivity index (χ0n) is 14.9. The van der Waals surface area contributed by atoms with Crippen LogP contribution < -0.4 is 5.48 Å². The van der Waals surface area contributed by atoms with Crippen molar-refractivity contribution >= 4 is 6.03 Å². The van der Waals surface area contributed by atoms with E-state index in [2.05, 4.69) is 10.4 Å². The molecule has 138 valence electrons. The Morgan fingerprint density at radius 1 is 1.12 bits per heavy atom. The van der Waals surface area contributed by atoms with E-state index in [1.807, 2.05) is 35.2 Å². The molecule has 2 heterocycles. The largest absolute Gasteiger partial charge is 0.379 e. The van der Waals surface area contributed by atoms with Crippen molar-refractivity contribution in [3.63, 3.8) is 0 Å². The summed E-state index contributed by atoms with van der Waals surface area (Å²) in [5.41, 5.74) is 3.61. The first-order valence-electron chi connectivity index (χ1n) is 9.32. The Labute approximate surface area is 150 Å². The topological polar surface area (TPSA) is 54.0 Å². The summed E-state index contributed by atoms with van der Waals surface area (Å²) in [5.74, 6) is 0.720. The third-order valence-electron chi connectivity index (χ3n) is 5.10. The van der Waals surface area contributed by atoms with E-state index in [1.54, 1.807) is 0 Å². The molecule has 6 nitrogen and oxygen atoms in total. The van der Waals surface area contributed by atoms with Crippen molar-refractivity contribution in [2.24, 2.45) is 5.92 Å². The molecule has 3 rings (SSSR count). The Morgan fingerprint density at radius 3 is 2.56 bits per heavy atom. The molecule has 1 N–H and O–H groups in total. The van der Waals surface area contributed by atoms with Crippen LogP contribution in [0.4, 0.5) is 4.79 Å². The van der Waals surface area contributed by atoms with Crippen LogP contribution in [-0.2, 0) is 16.2 Å². The SMILES string of the molecule is O=C(NOCc1ccccc1)N1CCC(CCN2CCOCC2)CC1. The number of likely N-dealkylation sites (tertiary alicyclic amines) is 1. The van der Waals surface area contributed by atoms with Crippen LogP contribution in [-0.4, -0.2) is 61.8 Å². The first kappa shape index (κ1) is 18.2. The summed E-state index contributed by atoms with van der Waals surface area (Å²) >= 11 is 0. The number of carbonyl (C=O) groups excluding carboxylic acids is 1. The van der Waals surface area contributed by atoms with Crippen LogP contribution in [0.15, 0.2) is 30.3 Å². The zero-order valence-corrected chi connectivity index (χ0v) is 14.9. The number of amides is 2. The molecule has 25 heavy (non-hydrogen) atoms. The molecule has 0 unspecified atom stereocenters. The summed E-state index contributed by atoms with van der Waals surface area (Å²) in [5, 5.41) is 0. The molecular weight excluding hydrogens is 318 g/mol. The Morgan fingerprint density at radius 2 is 1.84 bits per heavy atom. The number of hydrogen-bond acceptors (Lipinski definition) is 4. The fourth-order valence-electron chi connectivity index (χ4n) is 3.43. The van der Waals surface area contributed by atoms with Gasteiger partial charge < -0.3 is 9.64 Å². The second-order valence-electron chi connectivity index (χ2n) is 6.85. The molecule has 0 spiro atoms. The first-order valence-corrected chi connectivity index (χ1v) is 9.32. The number of nitrogens with zero attached hydrogens (tertiary/aromatic N) is 2. The summed E-state index contributed by atoms with van der Waals surface area (Å²) in [6.45, 7) is 7.01. The lowest BCUT2D eigenvalue weighted by molar-refractivity contribution is 0.0281. The quantitative estimate of drug-likeness (QED) is 0.802. The summed E-state index contributed by atoms with van der Waals surface area (Å²) < 4.78 is 5.39. The Kier molecular flexibility index (Phi) is 7.09. The molecule has 2 saturated heterocycles. The Bertz CT molecular complexity index is 512. The maximum Gasteiger partial charge on any atom is 0.341 e. The standard InChI is InChI=1S/C19H29N3O3/c23-19(20-25-16-18-4-2-1-3-5-18)22-10-7-17(8-11-22)6-9-21-12-14-24-15-13-21/h1-5,17H,6-16H2,(H,20,23). The second kappa shape index (κ2) is 9.75. The van der Waals surface area contributed by atoms with E-state index in [9.17, 15) is 4.79 Å². The van der Waals surface area contributed by atoms with Crippen LogP contribution in [0.2, 0.25) is 0 Å². The number of nitrogens with one attached hydrogen (secondary N) is 1. The number of urea groups is 1. The first-order chi connectivity index (χ1) is 12.3. The van der Waals surface area contributed by atoms with Crippen molar-refractivity contribution in [2.45, 2.75) is 25.9 Å². The van der Waals surface area contributed by atoms with E-state index in [0.717, 1.165) is 70.3 Å². The van der Waals surface area contributed by atoms with E-state index in [0.29, 0.717) is 6.61 Å². The van der Waals surface area contributed by atoms with Gasteiger partial charge in [-0.15, -0.1) is 0 Å². The normalized spacial score (nSPS) is 19.8. The monoisotopic (exact) mass is 347 g/mol. The van der Waals surface area contributed by atoms with Crippen molar-refractivity contribution in [2.75, 3.05) is 45.9 Å². The van der Waals surface area contributed by atoms with Crippen molar-refractivity contribution in [1.29, 1.82) is 0 Å². The average Bonchev–Trinajstić information content (AvgIpc) is 2.68. The lowest BCUT2D eigenvalue weighted by Crippen LogP contribution is -2.45. The Hall–Kier alpha value is -1.63. The molecule has 2 amide bonds. The molecule has 0 atom stereocenters. The van der Waals surface area contributed by atoms with Crippen LogP contribution in [0, 0.1) is 5.92 Å². The van der Waals surface area contributed by atoms with Crippen LogP contribution in [0.25, 0.3) is 0 Å². The highest BCUT2D eigenvalue weighted by Crippen LogP contribution is 2.21. The van der Waals surface area contributed by atoms with Gasteiger partial charge in [0.15, 0.2) is 0 Å². The highest BCUT2D eigenvalue weighted by molar-refractivity contribution is 5.73. The number of hydroxylamine groups is 1. The van der Waals surface area contributed by atoms with Crippen LogP contribution in [0.3, 0.4) is 0 Å². The molecule has 1 aromatic carbocycles. The lowest BCUT2D eigenvalue weighted by atomic mass is 9.93. The van der Waals surface area contributed by atoms with Crippen molar-refractivity contribution in [1.82, 2.24) is 15.3 Å². The van der Waals surface area contributed by atoms with E-state index >= 15 is 0 Å². The zero-order chi connectivity index (χ0) is 17.3. The van der Waals surface area contributed by atoms with Gasteiger partial charge in [-0.05, 0) is 37.3 Å². The third kappa shape index (κ3) is 5.99. The van der Waals surface area contributed by atoms with E-state index in [1.165, 1.54) is 6.42 Å². The van der Waals surface area contributed by atoms with Crippen molar-refractivity contribution in [3.05, 3.63) is 35.9 Å². The number of ether oxygens (including phenoxy) is 1. The van der Waals surface area contributed by atoms with Gasteiger partial charge in [0.25, 0.3) is 0 Å². The molecule has 2 aliphatic heterocycles. The van der Waals surface area contributed by atoms with Gasteiger partial charge in [-0.3, -0.25) is 9.74 Å². The highest BCUT2D eigenvalue weighted by Gasteiger charge is 2.23. The molecule has 1 aromatic rings. The van der Waals surface area contributed by atoms with E-state index in [-0.39, 0.29) is 6.03 Å². The van der Waals surface area contributed by atoms with Crippen molar-refractivity contribution in [3.8, 4) is 0 Å². The van der Waals surface area contributed by atoms with Gasteiger partial charge in [-0.2, -0.15) is 0 Å². The molecule has 0 saturated carbocycles. The maximum atomic E-state index is 12.2. The minimum Gasteiger partial charge on any atom is -0.379 e. The molecule has 2 aliphatic rings. The Balaban J connectivity index is 1.29. The minimum absolute atomic E-state index is 0.123. The number of morpholine rings is 1. The fraction of sp³-hybridized carbons (Fsp3) is 0.632. The third-order valence-corrected chi connectivity index (χ3v) is 5.10. The van der Waals surface area contributed by atoms with Crippen LogP contribution in [0.1, 0.15) is 24.8 Å². The van der Waals surface area contributed by atoms with Gasteiger partial charge in [0, 0.05) is 26.2 Å². The molecule has 2 fully saturated rings. The van der Waals surface area contributed by atoms with Crippen molar-refractivity contribution < 1.29 is 14.4 Å². The second-order valence-corrected chi connectivity index (χ2v) is 6.85. The number of rotatable bonds is 6. The van der Waals surface area contributed by atoms with E-state index < -0.39 is 0 Å². The maximum absolute atomic E-state index is 12.2. The minimum atomic E-state index is -0.123. The predicted molar refractivity (Wildman–Crippen MR) is 95.9 cm³/mol. The number of benzene rings is 1. The summed E-state index contributed by atoms with van der Waals surface area (Å²) in [6.07, 6.45) is 3.38. The molecule has 0 aromatic heterocycles. The van der Waals surface area contributed by atoms with E-state index in [4.69, 9.17) is 9.57 Å². The highest BCUT2D eigenvalue weighted by atomic mass is 16.7. The summed E-state index contributed by atoms with van der Waals surface area (Å²) in [6, 6.07) is 9.72. The smallest absolute Gasteiger partial charge is 0.341 e. The van der Waals surface area contributed by atoms with Gasteiger partial charge in [-0.1, -0.05) is 30.3 Å². The molecular formula is C19H29N3O3. The fourth-order valence-corrected chi connectivity index (χ4v) is 3.43. The number of piperidine rings is 1.